The lowest BCUT2D eigenvalue weighted by Gasteiger charge is -2.35. The lowest BCUT2D eigenvalue weighted by atomic mass is 9.97. The third-order valence-electron chi connectivity index (χ3n) is 4.22. The largest absolute Gasteiger partial charge is 0.314 e. The summed E-state index contributed by atoms with van der Waals surface area (Å²) in [5.41, 5.74) is 0.430. The smallest absolute Gasteiger partial charge is 0.269 e. The van der Waals surface area contributed by atoms with Gasteiger partial charge in [-0.3, -0.25) is 15.0 Å². The zero-order chi connectivity index (χ0) is 15.9. The van der Waals surface area contributed by atoms with E-state index in [9.17, 15) is 14.5 Å². The van der Waals surface area contributed by atoms with E-state index in [1.807, 2.05) is 0 Å². The van der Waals surface area contributed by atoms with Crippen molar-refractivity contribution >= 4 is 30.5 Å². The van der Waals surface area contributed by atoms with Crippen molar-refractivity contribution in [2.45, 2.75) is 38.6 Å². The summed E-state index contributed by atoms with van der Waals surface area (Å²) in [4.78, 5) is 12.8. The van der Waals surface area contributed by atoms with Crippen molar-refractivity contribution in [3.05, 3.63) is 39.7 Å². The van der Waals surface area contributed by atoms with Crippen molar-refractivity contribution in [3.63, 3.8) is 0 Å². The molecular weight excluding hydrogens is 356 g/mol. The minimum atomic E-state index is -0.455. The second-order valence-corrected chi connectivity index (χ2v) is 5.76. The summed E-state index contributed by atoms with van der Waals surface area (Å²) in [5, 5.41) is 14.3. The summed E-state index contributed by atoms with van der Waals surface area (Å²) in [6.07, 6.45) is 4.05. The topological polar surface area (TPSA) is 58.4 Å². The molecule has 1 aromatic carbocycles. The second-order valence-electron chi connectivity index (χ2n) is 5.76. The Hall–Kier alpha value is -0.950. The van der Waals surface area contributed by atoms with E-state index in [1.54, 1.807) is 0 Å². The number of nitrogens with one attached hydrogen (secondary N) is 1. The summed E-state index contributed by atoms with van der Waals surface area (Å²) in [6, 6.07) is 3.80. The number of nitro benzene ring substituents is 1. The molecule has 5 nitrogen and oxygen atoms in total. The minimum Gasteiger partial charge on any atom is -0.314 e. The lowest BCUT2D eigenvalue weighted by Crippen LogP contribution is -2.45. The highest BCUT2D eigenvalue weighted by Gasteiger charge is 2.26. The molecule has 1 aliphatic rings. The van der Waals surface area contributed by atoms with E-state index < -0.39 is 4.92 Å². The quantitative estimate of drug-likeness (QED) is 0.438. The van der Waals surface area contributed by atoms with Crippen LogP contribution in [0.5, 0.6) is 0 Å². The number of rotatable bonds is 7. The number of nitrogens with zero attached hydrogens (tertiary/aromatic N) is 2. The summed E-state index contributed by atoms with van der Waals surface area (Å²) >= 11 is 0. The van der Waals surface area contributed by atoms with Crippen LogP contribution in [-0.4, -0.2) is 36.0 Å². The van der Waals surface area contributed by atoms with E-state index in [0.717, 1.165) is 51.9 Å². The first kappa shape index (κ1) is 23.1. The highest BCUT2D eigenvalue weighted by Crippen LogP contribution is 2.31. The van der Waals surface area contributed by atoms with Crippen LogP contribution in [0, 0.1) is 15.9 Å². The predicted molar refractivity (Wildman–Crippen MR) is 98.9 cm³/mol. The van der Waals surface area contributed by atoms with Crippen LogP contribution in [0.1, 0.15) is 44.2 Å². The molecule has 0 unspecified atom stereocenters. The van der Waals surface area contributed by atoms with E-state index in [0.29, 0.717) is 5.56 Å². The Balaban J connectivity index is 0.00000264. The van der Waals surface area contributed by atoms with Gasteiger partial charge in [-0.1, -0.05) is 26.2 Å². The molecule has 1 N–H and O–H groups in total. The van der Waals surface area contributed by atoms with Gasteiger partial charge < -0.3 is 5.32 Å². The van der Waals surface area contributed by atoms with E-state index in [-0.39, 0.29) is 42.4 Å². The van der Waals surface area contributed by atoms with Gasteiger partial charge in [0.2, 0.25) is 0 Å². The van der Waals surface area contributed by atoms with Gasteiger partial charge in [-0.05, 0) is 12.5 Å². The predicted octanol–water partition coefficient (Wildman–Crippen LogP) is 4.10. The van der Waals surface area contributed by atoms with Crippen molar-refractivity contribution in [2.75, 3.05) is 26.2 Å². The van der Waals surface area contributed by atoms with Crippen LogP contribution in [0.25, 0.3) is 0 Å². The molecule has 138 valence electrons. The van der Waals surface area contributed by atoms with E-state index in [4.69, 9.17) is 0 Å². The maximum atomic E-state index is 14.3. The normalized spacial score (nSPS) is 15.9. The molecule has 1 atom stereocenters. The molecule has 0 aliphatic carbocycles. The maximum Gasteiger partial charge on any atom is 0.269 e. The Morgan fingerprint density at radius 1 is 1.29 bits per heavy atom. The average molecular weight is 382 g/mol. The molecular formula is C16H26Cl2FN3O2. The fraction of sp³-hybridized carbons (Fsp3) is 0.625. The fourth-order valence-corrected chi connectivity index (χ4v) is 3.02. The monoisotopic (exact) mass is 381 g/mol. The molecule has 0 amide bonds. The Kier molecular flexibility index (Phi) is 11.1. The average Bonchev–Trinajstić information content (AvgIpc) is 2.53. The van der Waals surface area contributed by atoms with Crippen molar-refractivity contribution in [2.24, 2.45) is 0 Å². The maximum absolute atomic E-state index is 14.3. The molecule has 0 bridgehead atoms. The van der Waals surface area contributed by atoms with Gasteiger partial charge in [-0.15, -0.1) is 24.8 Å². The van der Waals surface area contributed by atoms with Crippen LogP contribution in [0.4, 0.5) is 10.1 Å². The van der Waals surface area contributed by atoms with Gasteiger partial charge in [0.1, 0.15) is 5.82 Å². The van der Waals surface area contributed by atoms with Gasteiger partial charge in [0.15, 0.2) is 0 Å². The van der Waals surface area contributed by atoms with Crippen molar-refractivity contribution in [1.82, 2.24) is 10.2 Å². The molecule has 1 aliphatic heterocycles. The van der Waals surface area contributed by atoms with E-state index in [1.165, 1.54) is 18.2 Å². The van der Waals surface area contributed by atoms with E-state index in [2.05, 4.69) is 17.1 Å². The van der Waals surface area contributed by atoms with Crippen LogP contribution in [0.2, 0.25) is 0 Å². The lowest BCUT2D eigenvalue weighted by molar-refractivity contribution is -0.385. The summed E-state index contributed by atoms with van der Waals surface area (Å²) in [5.74, 6) is -0.342. The molecule has 2 rings (SSSR count). The number of benzene rings is 1. The van der Waals surface area contributed by atoms with Gasteiger partial charge in [-0.2, -0.15) is 0 Å². The van der Waals surface area contributed by atoms with Gasteiger partial charge in [-0.25, -0.2) is 4.39 Å². The van der Waals surface area contributed by atoms with Crippen LogP contribution in [-0.2, 0) is 0 Å². The van der Waals surface area contributed by atoms with Crippen LogP contribution in [0.3, 0.4) is 0 Å². The first-order chi connectivity index (χ1) is 10.6. The second kappa shape index (κ2) is 11.6. The Morgan fingerprint density at radius 2 is 1.96 bits per heavy atom. The molecule has 1 saturated heterocycles. The number of halogens is 3. The van der Waals surface area contributed by atoms with Crippen molar-refractivity contribution < 1.29 is 9.31 Å². The number of unbranched alkanes of at least 4 members (excludes halogenated alkanes) is 2. The van der Waals surface area contributed by atoms with Gasteiger partial charge in [0.25, 0.3) is 5.69 Å². The number of hydrogen-bond acceptors (Lipinski definition) is 4. The number of hydrogen-bond donors (Lipinski definition) is 1. The molecule has 0 saturated carbocycles. The van der Waals surface area contributed by atoms with Crippen molar-refractivity contribution in [3.8, 4) is 0 Å². The standard InChI is InChI=1S/C16H24FN3O2.2ClH/c1-2-3-4-5-16(19-10-8-18-9-11-19)14-12-13(20(21)22)6-7-15(14)17;;/h6-7,12,16,18H,2-5,8-11H2,1H3;2*1H/t16-;;/m0../s1. The first-order valence-corrected chi connectivity index (χ1v) is 8.02. The third-order valence-corrected chi connectivity index (χ3v) is 4.22. The minimum absolute atomic E-state index is 0. The molecule has 1 fully saturated rings. The molecule has 1 heterocycles. The SMILES string of the molecule is CCCCC[C@@H](c1cc([N+](=O)[O-])ccc1F)N1CCNCC1.Cl.Cl. The van der Waals surface area contributed by atoms with Gasteiger partial charge >= 0.3 is 0 Å². The zero-order valence-electron chi connectivity index (χ0n) is 13.9. The summed E-state index contributed by atoms with van der Waals surface area (Å²) in [6.45, 7) is 5.58. The van der Waals surface area contributed by atoms with Crippen molar-refractivity contribution in [1.29, 1.82) is 0 Å². The third kappa shape index (κ3) is 6.16. The van der Waals surface area contributed by atoms with Gasteiger partial charge in [0, 0.05) is 49.9 Å². The highest BCUT2D eigenvalue weighted by molar-refractivity contribution is 5.85. The van der Waals surface area contributed by atoms with Crippen LogP contribution in [0.15, 0.2) is 18.2 Å². The molecule has 8 heteroatoms. The highest BCUT2D eigenvalue weighted by atomic mass is 35.5. The molecule has 24 heavy (non-hydrogen) atoms. The number of piperazine rings is 1. The molecule has 0 spiro atoms. The Morgan fingerprint density at radius 3 is 2.54 bits per heavy atom. The molecule has 1 aromatic rings. The number of non-ortho nitro benzene ring substituents is 1. The Bertz CT molecular complexity index is 514. The molecule has 0 aromatic heterocycles. The fourth-order valence-electron chi connectivity index (χ4n) is 3.02. The zero-order valence-corrected chi connectivity index (χ0v) is 15.5. The summed E-state index contributed by atoms with van der Waals surface area (Å²) < 4.78 is 14.3. The Labute approximate surface area is 155 Å². The number of nitro groups is 1. The van der Waals surface area contributed by atoms with Gasteiger partial charge in [0.05, 0.1) is 4.92 Å². The van der Waals surface area contributed by atoms with E-state index >= 15 is 0 Å². The molecule has 0 radical (unpaired) electrons. The first-order valence-electron chi connectivity index (χ1n) is 8.02. The van der Waals surface area contributed by atoms with Crippen LogP contribution >= 0.6 is 24.8 Å². The van der Waals surface area contributed by atoms with Crippen LogP contribution < -0.4 is 5.32 Å². The summed E-state index contributed by atoms with van der Waals surface area (Å²) in [7, 11) is 0.